The molecule has 0 saturated carbocycles. The van der Waals surface area contributed by atoms with Gasteiger partial charge in [-0.2, -0.15) is 0 Å². The fourth-order valence-electron chi connectivity index (χ4n) is 3.70. The maximum Gasteiger partial charge on any atom is 0.244 e. The number of ether oxygens (including phenoxy) is 1. The van der Waals surface area contributed by atoms with Crippen LogP contribution in [-0.2, 0) is 29.2 Å². The lowest BCUT2D eigenvalue weighted by atomic mass is 10.2. The van der Waals surface area contributed by atoms with Crippen molar-refractivity contribution in [3.63, 3.8) is 0 Å². The molecule has 0 radical (unpaired) electrons. The first-order valence-electron chi connectivity index (χ1n) is 9.97. The molecule has 1 amide bonds. The molecule has 0 N–H and O–H groups in total. The SMILES string of the molecule is O=C(Cn1nnnc1CN1CCOCC1)N1CCN(Cc2cccc(F)c2)CC1. The Morgan fingerprint density at radius 3 is 2.55 bits per heavy atom. The first kappa shape index (κ1) is 19.9. The molecule has 0 unspecified atom stereocenters. The van der Waals surface area contributed by atoms with Gasteiger partial charge >= 0.3 is 0 Å². The van der Waals surface area contributed by atoms with Gasteiger partial charge in [0.2, 0.25) is 5.91 Å². The molecule has 9 nitrogen and oxygen atoms in total. The van der Waals surface area contributed by atoms with E-state index in [1.165, 1.54) is 6.07 Å². The normalized spacial score (nSPS) is 18.9. The van der Waals surface area contributed by atoms with Crippen LogP contribution in [0, 0.1) is 5.82 Å². The Morgan fingerprint density at radius 1 is 1.03 bits per heavy atom. The third kappa shape index (κ3) is 5.34. The van der Waals surface area contributed by atoms with E-state index in [9.17, 15) is 9.18 Å². The zero-order valence-electron chi connectivity index (χ0n) is 16.4. The van der Waals surface area contributed by atoms with Crippen LogP contribution in [0.4, 0.5) is 4.39 Å². The van der Waals surface area contributed by atoms with Crippen LogP contribution in [0.2, 0.25) is 0 Å². The van der Waals surface area contributed by atoms with E-state index in [1.54, 1.807) is 16.8 Å². The molecule has 29 heavy (non-hydrogen) atoms. The lowest BCUT2D eigenvalue weighted by Crippen LogP contribution is -2.49. The summed E-state index contributed by atoms with van der Waals surface area (Å²) in [5.74, 6) is 0.501. The van der Waals surface area contributed by atoms with E-state index in [0.29, 0.717) is 45.2 Å². The van der Waals surface area contributed by atoms with Gasteiger partial charge in [-0.25, -0.2) is 9.07 Å². The van der Waals surface area contributed by atoms with Gasteiger partial charge in [-0.05, 0) is 28.1 Å². The Morgan fingerprint density at radius 2 is 1.79 bits per heavy atom. The number of morpholine rings is 1. The largest absolute Gasteiger partial charge is 0.379 e. The van der Waals surface area contributed by atoms with Crippen molar-refractivity contribution >= 4 is 5.91 Å². The van der Waals surface area contributed by atoms with E-state index in [1.807, 2.05) is 11.0 Å². The number of aromatic nitrogens is 4. The summed E-state index contributed by atoms with van der Waals surface area (Å²) in [6, 6.07) is 6.66. The molecule has 1 aromatic heterocycles. The molecule has 2 aliphatic rings. The van der Waals surface area contributed by atoms with Crippen LogP contribution in [0.15, 0.2) is 24.3 Å². The van der Waals surface area contributed by atoms with Crippen molar-refractivity contribution < 1.29 is 13.9 Å². The molecule has 0 aliphatic carbocycles. The molecule has 0 bridgehead atoms. The van der Waals surface area contributed by atoms with Crippen molar-refractivity contribution in [2.45, 2.75) is 19.6 Å². The summed E-state index contributed by atoms with van der Waals surface area (Å²) < 4.78 is 20.3. The summed E-state index contributed by atoms with van der Waals surface area (Å²) in [6.07, 6.45) is 0. The Balaban J connectivity index is 1.26. The van der Waals surface area contributed by atoms with Gasteiger partial charge in [0.15, 0.2) is 5.82 Å². The second kappa shape index (κ2) is 9.38. The lowest BCUT2D eigenvalue weighted by molar-refractivity contribution is -0.134. The van der Waals surface area contributed by atoms with Crippen molar-refractivity contribution in [3.05, 3.63) is 41.5 Å². The van der Waals surface area contributed by atoms with E-state index < -0.39 is 0 Å². The van der Waals surface area contributed by atoms with E-state index in [0.717, 1.165) is 31.7 Å². The fraction of sp³-hybridized carbons (Fsp3) is 0.579. The third-order valence-corrected chi connectivity index (χ3v) is 5.38. The summed E-state index contributed by atoms with van der Waals surface area (Å²) in [4.78, 5) is 19.0. The summed E-state index contributed by atoms with van der Waals surface area (Å²) in [5, 5.41) is 11.8. The smallest absolute Gasteiger partial charge is 0.244 e. The van der Waals surface area contributed by atoms with Gasteiger partial charge in [0, 0.05) is 45.8 Å². The second-order valence-corrected chi connectivity index (χ2v) is 7.43. The predicted molar refractivity (Wildman–Crippen MR) is 102 cm³/mol. The minimum absolute atomic E-state index is 0.0194. The third-order valence-electron chi connectivity index (χ3n) is 5.38. The van der Waals surface area contributed by atoms with Gasteiger partial charge in [-0.3, -0.25) is 14.6 Å². The van der Waals surface area contributed by atoms with Crippen LogP contribution in [0.25, 0.3) is 0 Å². The fourth-order valence-corrected chi connectivity index (χ4v) is 3.70. The van der Waals surface area contributed by atoms with Gasteiger partial charge in [0.05, 0.1) is 19.8 Å². The van der Waals surface area contributed by atoms with Crippen molar-refractivity contribution in [2.24, 2.45) is 0 Å². The minimum atomic E-state index is -0.217. The quantitative estimate of drug-likeness (QED) is 0.671. The Kier molecular flexibility index (Phi) is 6.43. The highest BCUT2D eigenvalue weighted by molar-refractivity contribution is 5.76. The van der Waals surface area contributed by atoms with E-state index in [-0.39, 0.29) is 18.3 Å². The molecule has 2 fully saturated rings. The lowest BCUT2D eigenvalue weighted by Gasteiger charge is -2.34. The first-order chi connectivity index (χ1) is 14.2. The molecule has 2 aromatic rings. The number of carbonyl (C=O) groups is 1. The Labute approximate surface area is 169 Å². The number of benzene rings is 1. The van der Waals surface area contributed by atoms with Crippen molar-refractivity contribution in [3.8, 4) is 0 Å². The van der Waals surface area contributed by atoms with E-state index >= 15 is 0 Å². The number of carbonyl (C=O) groups excluding carboxylic acids is 1. The van der Waals surface area contributed by atoms with Gasteiger partial charge < -0.3 is 9.64 Å². The van der Waals surface area contributed by atoms with Crippen molar-refractivity contribution in [2.75, 3.05) is 52.5 Å². The van der Waals surface area contributed by atoms with Crippen LogP contribution in [0.1, 0.15) is 11.4 Å². The van der Waals surface area contributed by atoms with Gasteiger partial charge in [0.25, 0.3) is 0 Å². The van der Waals surface area contributed by atoms with Crippen molar-refractivity contribution in [1.29, 1.82) is 0 Å². The number of halogens is 1. The van der Waals surface area contributed by atoms with Gasteiger partial charge in [-0.15, -0.1) is 5.10 Å². The number of piperazine rings is 1. The van der Waals surface area contributed by atoms with Crippen LogP contribution < -0.4 is 0 Å². The number of hydrogen-bond donors (Lipinski definition) is 0. The molecule has 1 aromatic carbocycles. The zero-order valence-corrected chi connectivity index (χ0v) is 16.4. The number of nitrogens with zero attached hydrogens (tertiary/aromatic N) is 7. The first-order valence-corrected chi connectivity index (χ1v) is 9.97. The molecular weight excluding hydrogens is 377 g/mol. The molecule has 0 atom stereocenters. The Bertz CT molecular complexity index is 816. The van der Waals surface area contributed by atoms with Gasteiger partial charge in [0.1, 0.15) is 12.4 Å². The predicted octanol–water partition coefficient (Wildman–Crippen LogP) is -0.0112. The number of amides is 1. The highest BCUT2D eigenvalue weighted by atomic mass is 19.1. The molecule has 2 saturated heterocycles. The highest BCUT2D eigenvalue weighted by Crippen LogP contribution is 2.11. The summed E-state index contributed by atoms with van der Waals surface area (Å²) in [6.45, 7) is 7.38. The van der Waals surface area contributed by atoms with E-state index in [4.69, 9.17) is 4.74 Å². The average molecular weight is 403 g/mol. The molecule has 10 heteroatoms. The molecule has 156 valence electrons. The molecule has 4 rings (SSSR count). The second-order valence-electron chi connectivity index (χ2n) is 7.43. The highest BCUT2D eigenvalue weighted by Gasteiger charge is 2.23. The zero-order chi connectivity index (χ0) is 20.1. The summed E-state index contributed by atoms with van der Waals surface area (Å²) in [7, 11) is 0. The summed E-state index contributed by atoms with van der Waals surface area (Å²) >= 11 is 0. The van der Waals surface area contributed by atoms with E-state index in [2.05, 4.69) is 25.3 Å². The summed E-state index contributed by atoms with van der Waals surface area (Å²) in [5.41, 5.74) is 0.950. The molecule has 0 spiro atoms. The monoisotopic (exact) mass is 403 g/mol. The van der Waals surface area contributed by atoms with Crippen molar-refractivity contribution in [1.82, 2.24) is 34.9 Å². The molecule has 2 aliphatic heterocycles. The molecular formula is C19H26FN7O2. The van der Waals surface area contributed by atoms with Crippen LogP contribution >= 0.6 is 0 Å². The number of rotatable bonds is 6. The molecule has 3 heterocycles. The topological polar surface area (TPSA) is 79.6 Å². The number of tetrazole rings is 1. The maximum absolute atomic E-state index is 13.4. The maximum atomic E-state index is 13.4. The number of hydrogen-bond acceptors (Lipinski definition) is 7. The van der Waals surface area contributed by atoms with Crippen LogP contribution in [-0.4, -0.2) is 93.3 Å². The van der Waals surface area contributed by atoms with Crippen LogP contribution in [0.3, 0.4) is 0 Å². The standard InChI is InChI=1S/C19H26FN7O2/c20-17-3-1-2-16(12-17)13-24-4-6-26(7-5-24)19(28)15-27-18(21-22-23-27)14-25-8-10-29-11-9-25/h1-3,12H,4-11,13-15H2. The Hall–Kier alpha value is -2.43. The van der Waals surface area contributed by atoms with Gasteiger partial charge in [-0.1, -0.05) is 12.1 Å². The average Bonchev–Trinajstić information content (AvgIpc) is 3.16. The minimum Gasteiger partial charge on any atom is -0.379 e. The van der Waals surface area contributed by atoms with Crippen LogP contribution in [0.5, 0.6) is 0 Å².